The van der Waals surface area contributed by atoms with E-state index in [1.807, 2.05) is 0 Å². The quantitative estimate of drug-likeness (QED) is 0.481. The standard InChI is InChI=1S/C17H18N2O5/c1-24-15-9-12(19(22)23)7-8-13(15)14-10-16(20)18(17(14)21)11-5-3-2-4-6-11/h7-11H,2-6H2,1H3. The zero-order chi connectivity index (χ0) is 17.3. The first-order valence-electron chi connectivity index (χ1n) is 7.95. The van der Waals surface area contributed by atoms with Crippen molar-refractivity contribution in [3.05, 3.63) is 40.0 Å². The third kappa shape index (κ3) is 2.77. The van der Waals surface area contributed by atoms with Crippen molar-refractivity contribution in [3.63, 3.8) is 0 Å². The summed E-state index contributed by atoms with van der Waals surface area (Å²) in [6.45, 7) is 0. The predicted octanol–water partition coefficient (Wildman–Crippen LogP) is 2.69. The lowest BCUT2D eigenvalue weighted by molar-refractivity contribution is -0.384. The molecule has 2 aliphatic rings. The van der Waals surface area contributed by atoms with Crippen LogP contribution >= 0.6 is 0 Å². The van der Waals surface area contributed by atoms with E-state index in [-0.39, 0.29) is 34.9 Å². The third-order valence-electron chi connectivity index (χ3n) is 4.58. The van der Waals surface area contributed by atoms with Gasteiger partial charge in [0.05, 0.1) is 23.7 Å². The van der Waals surface area contributed by atoms with Crippen LogP contribution in [-0.4, -0.2) is 34.8 Å². The molecule has 0 N–H and O–H groups in total. The van der Waals surface area contributed by atoms with Crippen molar-refractivity contribution in [1.82, 2.24) is 4.90 Å². The minimum atomic E-state index is -0.531. The van der Waals surface area contributed by atoms with Crippen molar-refractivity contribution in [2.75, 3.05) is 7.11 Å². The molecule has 1 heterocycles. The number of imide groups is 1. The lowest BCUT2D eigenvalue weighted by atomic mass is 9.94. The molecule has 0 aromatic heterocycles. The van der Waals surface area contributed by atoms with E-state index in [0.29, 0.717) is 5.56 Å². The number of hydrogen-bond acceptors (Lipinski definition) is 5. The fourth-order valence-electron chi connectivity index (χ4n) is 3.38. The first kappa shape index (κ1) is 16.2. The second kappa shape index (κ2) is 6.43. The molecule has 1 saturated carbocycles. The van der Waals surface area contributed by atoms with Crippen molar-refractivity contribution < 1.29 is 19.2 Å². The van der Waals surface area contributed by atoms with E-state index in [4.69, 9.17) is 4.74 Å². The normalized spacial score (nSPS) is 18.7. The number of rotatable bonds is 4. The van der Waals surface area contributed by atoms with Gasteiger partial charge < -0.3 is 4.74 Å². The molecule has 1 aromatic carbocycles. The molecule has 0 bridgehead atoms. The predicted molar refractivity (Wildman–Crippen MR) is 86.4 cm³/mol. The maximum atomic E-state index is 12.7. The SMILES string of the molecule is COc1cc([N+](=O)[O-])ccc1C1=CC(=O)N(C2CCCCC2)C1=O. The Morgan fingerprint density at radius 1 is 1.21 bits per heavy atom. The molecule has 0 unspecified atom stereocenters. The van der Waals surface area contributed by atoms with Crippen LogP contribution in [0.15, 0.2) is 24.3 Å². The largest absolute Gasteiger partial charge is 0.496 e. The van der Waals surface area contributed by atoms with Crippen molar-refractivity contribution >= 4 is 23.1 Å². The lowest BCUT2D eigenvalue weighted by Crippen LogP contribution is -2.41. The summed E-state index contributed by atoms with van der Waals surface area (Å²) in [4.78, 5) is 36.8. The molecule has 1 fully saturated rings. The van der Waals surface area contributed by atoms with Gasteiger partial charge in [-0.15, -0.1) is 0 Å². The lowest BCUT2D eigenvalue weighted by Gasteiger charge is -2.29. The van der Waals surface area contributed by atoms with E-state index in [0.717, 1.165) is 32.1 Å². The molecule has 0 spiro atoms. The minimum Gasteiger partial charge on any atom is -0.496 e. The number of hydrogen-bond donors (Lipinski definition) is 0. The molecule has 7 nitrogen and oxygen atoms in total. The Labute approximate surface area is 139 Å². The maximum Gasteiger partial charge on any atom is 0.273 e. The number of carbonyl (C=O) groups is 2. The number of nitrogens with zero attached hydrogens (tertiary/aromatic N) is 2. The molecular formula is C17H18N2O5. The van der Waals surface area contributed by atoms with E-state index in [1.165, 1.54) is 36.3 Å². The zero-order valence-corrected chi connectivity index (χ0v) is 13.4. The zero-order valence-electron chi connectivity index (χ0n) is 13.4. The van der Waals surface area contributed by atoms with Crippen LogP contribution in [0.25, 0.3) is 5.57 Å². The van der Waals surface area contributed by atoms with Gasteiger partial charge in [0.25, 0.3) is 17.5 Å². The topological polar surface area (TPSA) is 89.8 Å². The van der Waals surface area contributed by atoms with E-state index >= 15 is 0 Å². The van der Waals surface area contributed by atoms with Crippen LogP contribution in [0.5, 0.6) is 5.75 Å². The number of ether oxygens (including phenoxy) is 1. The summed E-state index contributed by atoms with van der Waals surface area (Å²) in [6.07, 6.45) is 6.12. The molecule has 24 heavy (non-hydrogen) atoms. The molecule has 0 radical (unpaired) electrons. The second-order valence-corrected chi connectivity index (χ2v) is 6.00. The molecule has 2 amide bonds. The fourth-order valence-corrected chi connectivity index (χ4v) is 3.38. The summed E-state index contributed by atoms with van der Waals surface area (Å²) < 4.78 is 5.19. The van der Waals surface area contributed by atoms with Crippen LogP contribution in [0.3, 0.4) is 0 Å². The monoisotopic (exact) mass is 330 g/mol. The van der Waals surface area contributed by atoms with Gasteiger partial charge in [-0.2, -0.15) is 0 Å². The highest BCUT2D eigenvalue weighted by atomic mass is 16.6. The molecule has 1 aromatic rings. The summed E-state index contributed by atoms with van der Waals surface area (Å²) in [6, 6.07) is 3.96. The van der Waals surface area contributed by atoms with Crippen LogP contribution < -0.4 is 4.74 Å². The Kier molecular flexibility index (Phi) is 4.33. The van der Waals surface area contributed by atoms with Gasteiger partial charge in [-0.05, 0) is 18.9 Å². The van der Waals surface area contributed by atoms with Crippen molar-refractivity contribution in [1.29, 1.82) is 0 Å². The number of nitro benzene ring substituents is 1. The fraction of sp³-hybridized carbons (Fsp3) is 0.412. The van der Waals surface area contributed by atoms with Crippen molar-refractivity contribution in [2.45, 2.75) is 38.1 Å². The summed E-state index contributed by atoms with van der Waals surface area (Å²) >= 11 is 0. The highest BCUT2D eigenvalue weighted by Crippen LogP contribution is 2.35. The third-order valence-corrected chi connectivity index (χ3v) is 4.58. The first-order valence-corrected chi connectivity index (χ1v) is 7.95. The van der Waals surface area contributed by atoms with Gasteiger partial charge in [-0.1, -0.05) is 19.3 Å². The smallest absolute Gasteiger partial charge is 0.273 e. The number of benzene rings is 1. The molecule has 126 valence electrons. The first-order chi connectivity index (χ1) is 11.5. The summed E-state index contributed by atoms with van der Waals surface area (Å²) in [5.74, 6) is -0.455. The molecule has 1 aliphatic carbocycles. The molecule has 3 rings (SSSR count). The van der Waals surface area contributed by atoms with Crippen LogP contribution in [0.4, 0.5) is 5.69 Å². The van der Waals surface area contributed by atoms with Gasteiger partial charge in [-0.25, -0.2) is 0 Å². The Morgan fingerprint density at radius 3 is 2.54 bits per heavy atom. The van der Waals surface area contributed by atoms with E-state index in [1.54, 1.807) is 0 Å². The molecule has 0 saturated heterocycles. The number of non-ortho nitro benzene ring substituents is 1. The molecule has 0 atom stereocenters. The minimum absolute atomic E-state index is 0.0588. The number of nitro groups is 1. The highest BCUT2D eigenvalue weighted by molar-refractivity contribution is 6.34. The van der Waals surface area contributed by atoms with Crippen molar-refractivity contribution in [2.24, 2.45) is 0 Å². The Balaban J connectivity index is 1.92. The Morgan fingerprint density at radius 2 is 1.92 bits per heavy atom. The van der Waals surface area contributed by atoms with Gasteiger partial charge in [0.2, 0.25) is 0 Å². The molecule has 7 heteroatoms. The van der Waals surface area contributed by atoms with Crippen LogP contribution in [0.1, 0.15) is 37.7 Å². The Hall–Kier alpha value is -2.70. The van der Waals surface area contributed by atoms with Crippen molar-refractivity contribution in [3.8, 4) is 5.75 Å². The number of methoxy groups -OCH3 is 1. The van der Waals surface area contributed by atoms with E-state index in [9.17, 15) is 19.7 Å². The Bertz CT molecular complexity index is 734. The molecule has 1 aliphatic heterocycles. The van der Waals surface area contributed by atoms with Crippen LogP contribution in [0.2, 0.25) is 0 Å². The number of amides is 2. The second-order valence-electron chi connectivity index (χ2n) is 6.00. The average Bonchev–Trinajstić information content (AvgIpc) is 2.89. The van der Waals surface area contributed by atoms with Gasteiger partial charge >= 0.3 is 0 Å². The van der Waals surface area contributed by atoms with Crippen LogP contribution in [-0.2, 0) is 9.59 Å². The van der Waals surface area contributed by atoms with Gasteiger partial charge in [0.1, 0.15) is 5.75 Å². The van der Waals surface area contributed by atoms with Gasteiger partial charge in [0, 0.05) is 23.7 Å². The summed E-state index contributed by atoms with van der Waals surface area (Å²) in [5, 5.41) is 10.9. The summed E-state index contributed by atoms with van der Waals surface area (Å²) in [5.41, 5.74) is 0.509. The highest BCUT2D eigenvalue weighted by Gasteiger charge is 2.38. The van der Waals surface area contributed by atoms with E-state index in [2.05, 4.69) is 0 Å². The molecular weight excluding hydrogens is 312 g/mol. The van der Waals surface area contributed by atoms with Gasteiger partial charge in [-0.3, -0.25) is 24.6 Å². The van der Waals surface area contributed by atoms with Gasteiger partial charge in [0.15, 0.2) is 0 Å². The summed E-state index contributed by atoms with van der Waals surface area (Å²) in [7, 11) is 1.38. The number of carbonyl (C=O) groups excluding carboxylic acids is 2. The van der Waals surface area contributed by atoms with Crippen LogP contribution in [0, 0.1) is 10.1 Å². The van der Waals surface area contributed by atoms with E-state index < -0.39 is 4.92 Å². The maximum absolute atomic E-state index is 12.7. The average molecular weight is 330 g/mol.